The summed E-state index contributed by atoms with van der Waals surface area (Å²) in [6.07, 6.45) is 0.214. The highest BCUT2D eigenvalue weighted by Crippen LogP contribution is 2.30. The molecule has 2 aromatic heterocycles. The minimum absolute atomic E-state index is 0.115. The van der Waals surface area contributed by atoms with Crippen LogP contribution in [0.3, 0.4) is 0 Å². The number of aliphatic carboxylic acids is 1. The highest BCUT2D eigenvalue weighted by atomic mass is 19.4. The zero-order valence-corrected chi connectivity index (χ0v) is 21.6. The quantitative estimate of drug-likeness (QED) is 0.303. The molecule has 0 saturated heterocycles. The van der Waals surface area contributed by atoms with Crippen LogP contribution in [0.5, 0.6) is 11.5 Å². The van der Waals surface area contributed by atoms with Crippen molar-refractivity contribution in [3.63, 3.8) is 0 Å². The van der Waals surface area contributed by atoms with Gasteiger partial charge in [-0.15, -0.1) is 0 Å². The third-order valence-electron chi connectivity index (χ3n) is 5.83. The second kappa shape index (κ2) is 11.2. The van der Waals surface area contributed by atoms with E-state index in [1.54, 1.807) is 18.3 Å². The molecule has 0 saturated carbocycles. The summed E-state index contributed by atoms with van der Waals surface area (Å²) in [5.41, 5.74) is 0.612. The van der Waals surface area contributed by atoms with Gasteiger partial charge in [0, 0.05) is 18.5 Å². The molecule has 10 heteroatoms. The summed E-state index contributed by atoms with van der Waals surface area (Å²) in [7, 11) is 0. The van der Waals surface area contributed by atoms with E-state index in [4.69, 9.17) is 9.47 Å². The lowest BCUT2D eigenvalue weighted by molar-refractivity contribution is -0.152. The molecule has 0 fully saturated rings. The smallest absolute Gasteiger partial charge is 0.417 e. The van der Waals surface area contributed by atoms with Gasteiger partial charge < -0.3 is 14.6 Å². The largest absolute Gasteiger partial charge is 0.493 e. The summed E-state index contributed by atoms with van der Waals surface area (Å²) in [4.78, 5) is 15.3. The Morgan fingerprint density at radius 1 is 1.14 bits per heavy atom. The van der Waals surface area contributed by atoms with Gasteiger partial charge >= 0.3 is 12.1 Å². The van der Waals surface area contributed by atoms with Crippen molar-refractivity contribution < 1.29 is 32.5 Å². The van der Waals surface area contributed by atoms with Gasteiger partial charge in [-0.25, -0.2) is 14.5 Å². The molecule has 0 amide bonds. The Balaban J connectivity index is 1.69. The number of nitrogens with zero attached hydrogens (tertiary/aromatic N) is 3. The van der Waals surface area contributed by atoms with Crippen LogP contribution in [-0.2, 0) is 23.8 Å². The number of hydrogen-bond acceptors (Lipinski definition) is 5. The van der Waals surface area contributed by atoms with Gasteiger partial charge in [0.05, 0.1) is 17.9 Å². The van der Waals surface area contributed by atoms with E-state index in [-0.39, 0.29) is 5.92 Å². The van der Waals surface area contributed by atoms with Crippen molar-refractivity contribution in [2.45, 2.75) is 71.6 Å². The van der Waals surface area contributed by atoms with Gasteiger partial charge in [0.15, 0.2) is 11.4 Å². The minimum Gasteiger partial charge on any atom is -0.493 e. The van der Waals surface area contributed by atoms with Crippen LogP contribution in [0.4, 0.5) is 13.2 Å². The zero-order valence-electron chi connectivity index (χ0n) is 21.6. The van der Waals surface area contributed by atoms with Crippen LogP contribution in [0.1, 0.15) is 69.3 Å². The maximum absolute atomic E-state index is 12.9. The van der Waals surface area contributed by atoms with E-state index >= 15 is 0 Å². The van der Waals surface area contributed by atoms with Crippen LogP contribution in [0.2, 0.25) is 0 Å². The van der Waals surface area contributed by atoms with Gasteiger partial charge in [-0.2, -0.15) is 18.3 Å². The Hall–Kier alpha value is -3.56. The predicted octanol–water partition coefficient (Wildman–Crippen LogP) is 6.23. The fourth-order valence-corrected chi connectivity index (χ4v) is 3.72. The first kappa shape index (κ1) is 28.0. The topological polar surface area (TPSA) is 86.5 Å². The average Bonchev–Trinajstić information content (AvgIpc) is 3.26. The lowest BCUT2D eigenvalue weighted by atomic mass is 10.0. The Kier molecular flexibility index (Phi) is 8.50. The second-order valence-corrected chi connectivity index (χ2v) is 9.53. The number of rotatable bonds is 11. The first-order valence-corrected chi connectivity index (χ1v) is 12.1. The van der Waals surface area contributed by atoms with Crippen LogP contribution < -0.4 is 9.47 Å². The van der Waals surface area contributed by atoms with Crippen molar-refractivity contribution >= 4 is 5.97 Å². The molecule has 0 unspecified atom stereocenters. The number of alkyl halides is 3. The monoisotopic (exact) mass is 519 g/mol. The normalized spacial score (nSPS) is 12.1. The van der Waals surface area contributed by atoms with Crippen molar-refractivity contribution in [1.82, 2.24) is 14.8 Å². The van der Waals surface area contributed by atoms with Gasteiger partial charge in [0.25, 0.3) is 0 Å². The summed E-state index contributed by atoms with van der Waals surface area (Å²) in [5, 5.41) is 13.9. The Labute approximate surface area is 214 Å². The fourth-order valence-electron chi connectivity index (χ4n) is 3.72. The number of ether oxygens (including phenoxy) is 2. The van der Waals surface area contributed by atoms with Crippen LogP contribution in [0, 0.1) is 0 Å². The van der Waals surface area contributed by atoms with Gasteiger partial charge in [-0.3, -0.25) is 0 Å². The van der Waals surface area contributed by atoms with E-state index in [1.165, 1.54) is 24.6 Å². The molecule has 37 heavy (non-hydrogen) atoms. The molecule has 0 atom stereocenters. The number of hydrogen-bond donors (Lipinski definition) is 1. The fraction of sp³-hybridized carbons (Fsp3) is 0.444. The molecule has 3 aromatic rings. The number of aryl methyl sites for hydroxylation is 2. The van der Waals surface area contributed by atoms with Crippen molar-refractivity contribution in [1.29, 1.82) is 0 Å². The zero-order chi connectivity index (χ0) is 27.4. The molecular formula is C27H32F3N3O4. The van der Waals surface area contributed by atoms with Crippen molar-refractivity contribution in [2.75, 3.05) is 6.61 Å². The van der Waals surface area contributed by atoms with Gasteiger partial charge in [0.2, 0.25) is 0 Å². The Bertz CT molecular complexity index is 1220. The summed E-state index contributed by atoms with van der Waals surface area (Å²) >= 11 is 0. The molecular weight excluding hydrogens is 487 g/mol. The van der Waals surface area contributed by atoms with E-state index in [9.17, 15) is 23.1 Å². The number of carbonyl (C=O) groups is 1. The molecule has 0 aliphatic carbocycles. The molecule has 3 rings (SSSR count). The van der Waals surface area contributed by atoms with Crippen LogP contribution in [0.25, 0.3) is 5.82 Å². The van der Waals surface area contributed by atoms with E-state index in [2.05, 4.69) is 10.1 Å². The summed E-state index contributed by atoms with van der Waals surface area (Å²) in [6, 6.07) is 7.60. The van der Waals surface area contributed by atoms with Crippen molar-refractivity contribution in [3.05, 3.63) is 65.1 Å². The van der Waals surface area contributed by atoms with Crippen molar-refractivity contribution in [3.8, 4) is 17.3 Å². The molecule has 0 aliphatic rings. The number of halogens is 3. The Morgan fingerprint density at radius 3 is 2.43 bits per heavy atom. The molecule has 0 radical (unpaired) electrons. The molecule has 200 valence electrons. The van der Waals surface area contributed by atoms with Crippen molar-refractivity contribution in [2.24, 2.45) is 0 Å². The lowest BCUT2D eigenvalue weighted by Crippen LogP contribution is -2.37. The summed E-state index contributed by atoms with van der Waals surface area (Å²) in [6.45, 7) is 9.38. The van der Waals surface area contributed by atoms with E-state index in [1.807, 2.05) is 26.8 Å². The number of aromatic nitrogens is 3. The van der Waals surface area contributed by atoms with E-state index < -0.39 is 23.3 Å². The standard InChI is InChI=1S/C27H32F3N3O4/c1-6-18-9-11-21(37-26(4,5)25(34)35)14-22(18)36-13-7-8-19-16-33(32-24(19)17(2)3)23-12-10-20(15-31-23)27(28,29)30/h9-12,14-17H,6-8,13H2,1-5H3,(H,34,35). The molecule has 0 bridgehead atoms. The lowest BCUT2D eigenvalue weighted by Gasteiger charge is -2.22. The average molecular weight is 520 g/mol. The van der Waals surface area contributed by atoms with Crippen LogP contribution >= 0.6 is 0 Å². The van der Waals surface area contributed by atoms with E-state index in [0.29, 0.717) is 36.8 Å². The summed E-state index contributed by atoms with van der Waals surface area (Å²) < 4.78 is 51.8. The predicted molar refractivity (Wildman–Crippen MR) is 132 cm³/mol. The maximum atomic E-state index is 12.9. The second-order valence-electron chi connectivity index (χ2n) is 9.53. The molecule has 1 N–H and O–H groups in total. The number of carboxylic acids is 1. The van der Waals surface area contributed by atoms with Gasteiger partial charge in [0.1, 0.15) is 11.5 Å². The molecule has 7 nitrogen and oxygen atoms in total. The van der Waals surface area contributed by atoms with Crippen LogP contribution in [0.15, 0.2) is 42.7 Å². The number of pyridine rings is 1. The van der Waals surface area contributed by atoms with Crippen LogP contribution in [-0.4, -0.2) is 38.0 Å². The highest BCUT2D eigenvalue weighted by molar-refractivity contribution is 5.76. The molecule has 0 aliphatic heterocycles. The Morgan fingerprint density at radius 2 is 1.86 bits per heavy atom. The third-order valence-corrected chi connectivity index (χ3v) is 5.83. The maximum Gasteiger partial charge on any atom is 0.417 e. The minimum atomic E-state index is -4.44. The molecule has 2 heterocycles. The third kappa shape index (κ3) is 7.02. The highest BCUT2D eigenvalue weighted by Gasteiger charge is 2.31. The SMILES string of the molecule is CCc1ccc(OC(C)(C)C(=O)O)cc1OCCCc1cn(-c2ccc(C(F)(F)F)cn2)nc1C(C)C. The summed E-state index contributed by atoms with van der Waals surface area (Å²) in [5.74, 6) is 0.403. The first-order valence-electron chi connectivity index (χ1n) is 12.1. The van der Waals surface area contributed by atoms with Gasteiger partial charge in [-0.1, -0.05) is 26.8 Å². The number of carboxylic acid groups (broad SMARTS) is 1. The molecule has 1 aromatic carbocycles. The molecule has 0 spiro atoms. The first-order chi connectivity index (χ1) is 17.3. The van der Waals surface area contributed by atoms with Gasteiger partial charge in [-0.05, 0) is 68.4 Å². The number of benzene rings is 1. The van der Waals surface area contributed by atoms with E-state index in [0.717, 1.165) is 35.5 Å².